The van der Waals surface area contributed by atoms with Crippen molar-refractivity contribution in [3.8, 4) is 22.4 Å². The molecular weight excluding hydrogens is 264 g/mol. The molecule has 1 aromatic carbocycles. The minimum atomic E-state index is 0.265. The van der Waals surface area contributed by atoms with Crippen LogP contribution in [0.2, 0.25) is 5.02 Å². The second-order valence-corrected chi connectivity index (χ2v) is 4.62. The first-order valence-corrected chi connectivity index (χ1v) is 6.03. The smallest absolute Gasteiger partial charge is 0.230 e. The van der Waals surface area contributed by atoms with Crippen LogP contribution in [0, 0.1) is 0 Å². The highest BCUT2D eigenvalue weighted by molar-refractivity contribution is 6.30. The summed E-state index contributed by atoms with van der Waals surface area (Å²) in [5.74, 6) is 0.265. The molecule has 6 heteroatoms. The fourth-order valence-electron chi connectivity index (χ4n) is 1.97. The lowest BCUT2D eigenvalue weighted by Gasteiger charge is -2.01. The molecular formula is C13H11ClN4O. The second-order valence-electron chi connectivity index (χ2n) is 4.18. The van der Waals surface area contributed by atoms with Crippen molar-refractivity contribution in [3.63, 3.8) is 0 Å². The average molecular weight is 275 g/mol. The maximum absolute atomic E-state index is 6.01. The van der Waals surface area contributed by atoms with Gasteiger partial charge in [0.25, 0.3) is 0 Å². The van der Waals surface area contributed by atoms with Crippen molar-refractivity contribution < 1.29 is 4.52 Å². The summed E-state index contributed by atoms with van der Waals surface area (Å²) in [6, 6.07) is 7.40. The van der Waals surface area contributed by atoms with Gasteiger partial charge in [-0.15, -0.1) is 0 Å². The molecule has 0 aliphatic carbocycles. The number of benzene rings is 1. The summed E-state index contributed by atoms with van der Waals surface area (Å²) in [7, 11) is 1.84. The number of nitrogen functional groups attached to an aromatic ring is 1. The molecule has 0 saturated carbocycles. The Hall–Kier alpha value is -2.27. The first kappa shape index (κ1) is 11.8. The molecule has 96 valence electrons. The van der Waals surface area contributed by atoms with E-state index < -0.39 is 0 Å². The lowest BCUT2D eigenvalue weighted by atomic mass is 10.0. The van der Waals surface area contributed by atoms with Gasteiger partial charge in [0.05, 0.1) is 11.8 Å². The van der Waals surface area contributed by atoms with Gasteiger partial charge in [-0.25, -0.2) is 0 Å². The molecule has 0 radical (unpaired) electrons. The maximum Gasteiger partial charge on any atom is 0.230 e. The third-order valence-electron chi connectivity index (χ3n) is 2.81. The predicted octanol–water partition coefficient (Wildman–Crippen LogP) is 2.98. The molecule has 19 heavy (non-hydrogen) atoms. The number of nitrogens with two attached hydrogens (primary N) is 1. The summed E-state index contributed by atoms with van der Waals surface area (Å²) in [4.78, 5) is 0. The zero-order chi connectivity index (χ0) is 13.4. The number of rotatable bonds is 2. The molecule has 2 heterocycles. The van der Waals surface area contributed by atoms with E-state index in [1.807, 2.05) is 31.4 Å². The van der Waals surface area contributed by atoms with Crippen LogP contribution in [0.25, 0.3) is 22.4 Å². The van der Waals surface area contributed by atoms with Crippen molar-refractivity contribution in [2.45, 2.75) is 0 Å². The van der Waals surface area contributed by atoms with Gasteiger partial charge in [0.15, 0.2) is 0 Å². The number of halogens is 1. The molecule has 0 spiro atoms. The molecule has 2 aromatic heterocycles. The Morgan fingerprint density at radius 1 is 1.32 bits per heavy atom. The van der Waals surface area contributed by atoms with Crippen molar-refractivity contribution in [1.82, 2.24) is 14.9 Å². The summed E-state index contributed by atoms with van der Waals surface area (Å²) in [5, 5.41) is 8.77. The summed E-state index contributed by atoms with van der Waals surface area (Å²) < 4.78 is 6.80. The molecule has 0 bridgehead atoms. The van der Waals surface area contributed by atoms with Crippen LogP contribution < -0.4 is 5.73 Å². The van der Waals surface area contributed by atoms with Crippen molar-refractivity contribution in [2.24, 2.45) is 7.05 Å². The molecule has 0 fully saturated rings. The van der Waals surface area contributed by atoms with Gasteiger partial charge in [-0.1, -0.05) is 28.9 Å². The summed E-state index contributed by atoms with van der Waals surface area (Å²) >= 11 is 6.01. The average Bonchev–Trinajstić information content (AvgIpc) is 2.95. The lowest BCUT2D eigenvalue weighted by Crippen LogP contribution is -1.87. The van der Waals surface area contributed by atoms with Crippen LogP contribution >= 0.6 is 11.6 Å². The number of aryl methyl sites for hydroxylation is 1. The third-order valence-corrected chi connectivity index (χ3v) is 3.05. The van der Waals surface area contributed by atoms with E-state index in [0.717, 1.165) is 16.7 Å². The van der Waals surface area contributed by atoms with Gasteiger partial charge in [-0.05, 0) is 17.7 Å². The van der Waals surface area contributed by atoms with Gasteiger partial charge in [-0.3, -0.25) is 4.68 Å². The van der Waals surface area contributed by atoms with Crippen molar-refractivity contribution >= 4 is 17.5 Å². The van der Waals surface area contributed by atoms with E-state index >= 15 is 0 Å². The number of hydrogen-bond donors (Lipinski definition) is 1. The lowest BCUT2D eigenvalue weighted by molar-refractivity contribution is 0.439. The zero-order valence-electron chi connectivity index (χ0n) is 10.2. The zero-order valence-corrected chi connectivity index (χ0v) is 10.9. The Balaban J connectivity index is 2.19. The molecule has 0 unspecified atom stereocenters. The van der Waals surface area contributed by atoms with Crippen molar-refractivity contribution in [1.29, 1.82) is 0 Å². The van der Waals surface area contributed by atoms with Crippen LogP contribution in [0.3, 0.4) is 0 Å². The van der Waals surface area contributed by atoms with Gasteiger partial charge >= 0.3 is 0 Å². The Morgan fingerprint density at radius 3 is 2.84 bits per heavy atom. The normalized spacial score (nSPS) is 10.8. The van der Waals surface area contributed by atoms with Gasteiger partial charge in [0.1, 0.15) is 5.69 Å². The van der Waals surface area contributed by atoms with Gasteiger partial charge < -0.3 is 10.3 Å². The number of aromatic nitrogens is 3. The first-order valence-electron chi connectivity index (χ1n) is 5.65. The standard InChI is InChI=1S/C13H11ClN4O/c1-18-7-9(6-16-18)12-11(13(15)19-17-12)8-3-2-4-10(14)5-8/h2-7H,15H2,1H3. The minimum absolute atomic E-state index is 0.265. The van der Waals surface area contributed by atoms with Crippen LogP contribution in [0.1, 0.15) is 0 Å². The first-order chi connectivity index (χ1) is 9.15. The van der Waals surface area contributed by atoms with Crippen LogP contribution in [-0.2, 0) is 7.05 Å². The Kier molecular flexibility index (Phi) is 2.76. The van der Waals surface area contributed by atoms with Crippen LogP contribution in [0.5, 0.6) is 0 Å². The SMILES string of the molecule is Cn1cc(-c2noc(N)c2-c2cccc(Cl)c2)cn1. The van der Waals surface area contributed by atoms with Crippen LogP contribution in [-0.4, -0.2) is 14.9 Å². The fraction of sp³-hybridized carbons (Fsp3) is 0.0769. The Bertz CT molecular complexity index is 732. The van der Waals surface area contributed by atoms with E-state index in [2.05, 4.69) is 10.3 Å². The molecule has 2 N–H and O–H groups in total. The minimum Gasteiger partial charge on any atom is -0.367 e. The predicted molar refractivity (Wildman–Crippen MR) is 73.6 cm³/mol. The van der Waals surface area contributed by atoms with E-state index in [1.54, 1.807) is 16.9 Å². The highest BCUT2D eigenvalue weighted by atomic mass is 35.5. The highest BCUT2D eigenvalue weighted by Gasteiger charge is 2.18. The van der Waals surface area contributed by atoms with Gasteiger partial charge in [0.2, 0.25) is 5.88 Å². The summed E-state index contributed by atoms with van der Waals surface area (Å²) in [6.45, 7) is 0. The number of anilines is 1. The molecule has 3 aromatic rings. The maximum atomic E-state index is 6.01. The van der Waals surface area contributed by atoms with Crippen LogP contribution in [0.4, 0.5) is 5.88 Å². The Labute approximate surface area is 114 Å². The van der Waals surface area contributed by atoms with Crippen molar-refractivity contribution in [2.75, 3.05) is 5.73 Å². The Morgan fingerprint density at radius 2 is 2.16 bits per heavy atom. The van der Waals surface area contributed by atoms with Crippen LogP contribution in [0.15, 0.2) is 41.2 Å². The number of nitrogens with zero attached hydrogens (tertiary/aromatic N) is 3. The quantitative estimate of drug-likeness (QED) is 0.780. The van der Waals surface area contributed by atoms with E-state index in [-0.39, 0.29) is 5.88 Å². The van der Waals surface area contributed by atoms with Gasteiger partial charge in [-0.2, -0.15) is 5.10 Å². The second kappa shape index (κ2) is 4.44. The summed E-state index contributed by atoms with van der Waals surface area (Å²) in [6.07, 6.45) is 3.57. The van der Waals surface area contributed by atoms with E-state index in [1.165, 1.54) is 0 Å². The van der Waals surface area contributed by atoms with Gasteiger partial charge in [0, 0.05) is 23.8 Å². The largest absolute Gasteiger partial charge is 0.367 e. The molecule has 0 aliphatic rings. The number of hydrogen-bond acceptors (Lipinski definition) is 4. The topological polar surface area (TPSA) is 69.9 Å². The highest BCUT2D eigenvalue weighted by Crippen LogP contribution is 2.36. The molecule has 0 amide bonds. The van der Waals surface area contributed by atoms with Crippen molar-refractivity contribution in [3.05, 3.63) is 41.7 Å². The van der Waals surface area contributed by atoms with E-state index in [9.17, 15) is 0 Å². The molecule has 0 aliphatic heterocycles. The molecule has 0 atom stereocenters. The summed E-state index contributed by atoms with van der Waals surface area (Å²) in [5.41, 5.74) is 8.97. The molecule has 5 nitrogen and oxygen atoms in total. The molecule has 3 rings (SSSR count). The van der Waals surface area contributed by atoms with E-state index in [0.29, 0.717) is 10.7 Å². The third kappa shape index (κ3) is 2.08. The monoisotopic (exact) mass is 274 g/mol. The fourth-order valence-corrected chi connectivity index (χ4v) is 2.16. The van der Waals surface area contributed by atoms with E-state index in [4.69, 9.17) is 21.9 Å². The molecule has 0 saturated heterocycles.